The number of hydrogen-bond acceptors (Lipinski definition) is 2. The van der Waals surface area contributed by atoms with Crippen LogP contribution in [0.15, 0.2) is 22.7 Å². The number of nitrogens with one attached hydrogen (secondary N) is 2. The first-order valence-electron chi connectivity index (χ1n) is 5.59. The molecule has 96 valence electrons. The maximum Gasteiger partial charge on any atom is 0.229 e. The molecule has 2 amide bonds. The van der Waals surface area contributed by atoms with Crippen LogP contribution in [0.1, 0.15) is 12.8 Å². The van der Waals surface area contributed by atoms with E-state index in [1.165, 1.54) is 0 Å². The molecule has 0 aromatic heterocycles. The molecule has 1 aromatic carbocycles. The van der Waals surface area contributed by atoms with Crippen LogP contribution < -0.4 is 10.6 Å². The van der Waals surface area contributed by atoms with Gasteiger partial charge in [0.2, 0.25) is 11.8 Å². The second-order valence-electron chi connectivity index (χ2n) is 4.15. The van der Waals surface area contributed by atoms with Gasteiger partial charge in [0.15, 0.2) is 0 Å². The van der Waals surface area contributed by atoms with Crippen LogP contribution in [-0.2, 0) is 9.59 Å². The maximum atomic E-state index is 12.0. The molecule has 1 aliphatic rings. The average Bonchev–Trinajstić information content (AvgIpc) is 2.33. The molecule has 18 heavy (non-hydrogen) atoms. The Morgan fingerprint density at radius 2 is 2.28 bits per heavy atom. The number of benzene rings is 1. The van der Waals surface area contributed by atoms with E-state index in [4.69, 9.17) is 0 Å². The van der Waals surface area contributed by atoms with E-state index in [-0.39, 0.29) is 17.7 Å². The highest BCUT2D eigenvalue weighted by atomic mass is 127. The van der Waals surface area contributed by atoms with Crippen molar-refractivity contribution in [1.82, 2.24) is 5.32 Å². The van der Waals surface area contributed by atoms with Crippen LogP contribution in [0.2, 0.25) is 0 Å². The lowest BCUT2D eigenvalue weighted by Gasteiger charge is -2.21. The number of halogens is 2. The monoisotopic (exact) mass is 422 g/mol. The Kier molecular flexibility index (Phi) is 4.60. The minimum atomic E-state index is -0.145. The molecule has 1 unspecified atom stereocenters. The highest BCUT2D eigenvalue weighted by Crippen LogP contribution is 2.25. The molecule has 0 saturated carbocycles. The molecule has 0 radical (unpaired) electrons. The van der Waals surface area contributed by atoms with Crippen molar-refractivity contribution in [3.63, 3.8) is 0 Å². The molecule has 1 fully saturated rings. The Bertz CT molecular complexity index is 483. The summed E-state index contributed by atoms with van der Waals surface area (Å²) in [6.45, 7) is 0.423. The van der Waals surface area contributed by atoms with Gasteiger partial charge in [-0.15, -0.1) is 0 Å². The second kappa shape index (κ2) is 6.01. The van der Waals surface area contributed by atoms with E-state index in [9.17, 15) is 9.59 Å². The minimum Gasteiger partial charge on any atom is -0.355 e. The molecular formula is C12H12BrIN2O2. The summed E-state index contributed by atoms with van der Waals surface area (Å²) in [5.41, 5.74) is 0.761. The molecule has 0 aliphatic carbocycles. The fourth-order valence-electron chi connectivity index (χ4n) is 1.78. The highest BCUT2D eigenvalue weighted by Gasteiger charge is 2.24. The first-order valence-corrected chi connectivity index (χ1v) is 7.46. The molecule has 1 atom stereocenters. The van der Waals surface area contributed by atoms with Crippen molar-refractivity contribution in [3.05, 3.63) is 26.2 Å². The second-order valence-corrected chi connectivity index (χ2v) is 6.25. The zero-order valence-electron chi connectivity index (χ0n) is 9.50. The van der Waals surface area contributed by atoms with E-state index in [1.807, 2.05) is 18.2 Å². The quantitative estimate of drug-likeness (QED) is 0.719. The zero-order chi connectivity index (χ0) is 13.1. The van der Waals surface area contributed by atoms with Gasteiger partial charge in [-0.25, -0.2) is 0 Å². The van der Waals surface area contributed by atoms with Crippen LogP contribution in [0.5, 0.6) is 0 Å². The standard InChI is InChI=1S/C12H12BrIN2O2/c13-9-5-8(14)2-3-10(9)16-12(18)7-1-4-11(17)15-6-7/h2-3,5,7H,1,4,6H2,(H,15,17)(H,16,18). The Hall–Kier alpha value is -0.630. The van der Waals surface area contributed by atoms with Crippen molar-refractivity contribution in [1.29, 1.82) is 0 Å². The van der Waals surface area contributed by atoms with Crippen LogP contribution in [0.3, 0.4) is 0 Å². The van der Waals surface area contributed by atoms with E-state index < -0.39 is 0 Å². The number of piperidine rings is 1. The van der Waals surface area contributed by atoms with Crippen molar-refractivity contribution in [2.45, 2.75) is 12.8 Å². The summed E-state index contributed by atoms with van der Waals surface area (Å²) in [5, 5.41) is 5.59. The molecule has 4 nitrogen and oxygen atoms in total. The van der Waals surface area contributed by atoms with Gasteiger partial charge in [-0.05, 0) is 63.1 Å². The van der Waals surface area contributed by atoms with Gasteiger partial charge in [0, 0.05) is 21.0 Å². The van der Waals surface area contributed by atoms with E-state index in [2.05, 4.69) is 49.2 Å². The Labute approximate surface area is 127 Å². The highest BCUT2D eigenvalue weighted by molar-refractivity contribution is 14.1. The lowest BCUT2D eigenvalue weighted by molar-refractivity contribution is -0.126. The fraction of sp³-hybridized carbons (Fsp3) is 0.333. The topological polar surface area (TPSA) is 58.2 Å². The minimum absolute atomic E-state index is 0.0227. The van der Waals surface area contributed by atoms with Crippen molar-refractivity contribution >= 4 is 56.0 Å². The van der Waals surface area contributed by atoms with Crippen molar-refractivity contribution in [2.75, 3.05) is 11.9 Å². The zero-order valence-corrected chi connectivity index (χ0v) is 13.2. The Morgan fingerprint density at radius 1 is 1.50 bits per heavy atom. The first-order chi connectivity index (χ1) is 8.56. The molecule has 0 spiro atoms. The van der Waals surface area contributed by atoms with E-state index >= 15 is 0 Å². The number of amides is 2. The predicted molar refractivity (Wildman–Crippen MR) is 81.2 cm³/mol. The summed E-state index contributed by atoms with van der Waals surface area (Å²) in [7, 11) is 0. The van der Waals surface area contributed by atoms with Crippen LogP contribution in [0, 0.1) is 9.49 Å². The lowest BCUT2D eigenvalue weighted by atomic mass is 9.98. The average molecular weight is 423 g/mol. The van der Waals surface area contributed by atoms with E-state index in [0.717, 1.165) is 13.7 Å². The third kappa shape index (κ3) is 3.44. The van der Waals surface area contributed by atoms with Crippen molar-refractivity contribution < 1.29 is 9.59 Å². The number of hydrogen-bond donors (Lipinski definition) is 2. The third-order valence-corrected chi connectivity index (χ3v) is 4.15. The molecule has 1 saturated heterocycles. The summed E-state index contributed by atoms with van der Waals surface area (Å²) in [6, 6.07) is 5.74. The first kappa shape index (κ1) is 13.8. The summed E-state index contributed by atoms with van der Waals surface area (Å²) in [6.07, 6.45) is 1.03. The van der Waals surface area contributed by atoms with Gasteiger partial charge in [0.25, 0.3) is 0 Å². The number of anilines is 1. The van der Waals surface area contributed by atoms with E-state index in [0.29, 0.717) is 19.4 Å². The molecule has 0 bridgehead atoms. The van der Waals surface area contributed by atoms with Gasteiger partial charge in [-0.2, -0.15) is 0 Å². The van der Waals surface area contributed by atoms with Crippen molar-refractivity contribution in [2.24, 2.45) is 5.92 Å². The van der Waals surface area contributed by atoms with Crippen LogP contribution in [0.25, 0.3) is 0 Å². The number of carbonyl (C=O) groups excluding carboxylic acids is 2. The van der Waals surface area contributed by atoms with Crippen LogP contribution >= 0.6 is 38.5 Å². The Balaban J connectivity index is 2.00. The molecule has 2 N–H and O–H groups in total. The third-order valence-electron chi connectivity index (χ3n) is 2.83. The molecule has 6 heteroatoms. The van der Waals surface area contributed by atoms with Gasteiger partial charge in [0.1, 0.15) is 0 Å². The predicted octanol–water partition coefficient (Wildman–Crippen LogP) is 2.52. The lowest BCUT2D eigenvalue weighted by Crippen LogP contribution is -2.40. The Morgan fingerprint density at radius 3 is 2.89 bits per heavy atom. The molecule has 1 aliphatic heterocycles. The van der Waals surface area contributed by atoms with Gasteiger partial charge >= 0.3 is 0 Å². The molecule has 1 heterocycles. The van der Waals surface area contributed by atoms with Crippen LogP contribution in [-0.4, -0.2) is 18.4 Å². The van der Waals surface area contributed by atoms with Crippen molar-refractivity contribution in [3.8, 4) is 0 Å². The largest absolute Gasteiger partial charge is 0.355 e. The smallest absolute Gasteiger partial charge is 0.229 e. The van der Waals surface area contributed by atoms with Crippen LogP contribution in [0.4, 0.5) is 5.69 Å². The van der Waals surface area contributed by atoms with Gasteiger partial charge < -0.3 is 10.6 Å². The van der Waals surface area contributed by atoms with Gasteiger partial charge in [0.05, 0.1) is 11.6 Å². The summed E-state index contributed by atoms with van der Waals surface area (Å²) >= 11 is 5.63. The van der Waals surface area contributed by atoms with E-state index in [1.54, 1.807) is 0 Å². The maximum absolute atomic E-state index is 12.0. The SMILES string of the molecule is O=C1CCC(C(=O)Nc2ccc(I)cc2Br)CN1. The number of carbonyl (C=O) groups is 2. The van der Waals surface area contributed by atoms with Gasteiger partial charge in [-0.1, -0.05) is 0 Å². The molecule has 1 aromatic rings. The molecular weight excluding hydrogens is 411 g/mol. The normalized spacial score (nSPS) is 19.2. The molecule has 2 rings (SSSR count). The fourth-order valence-corrected chi connectivity index (χ4v) is 3.18. The van der Waals surface area contributed by atoms with Gasteiger partial charge in [-0.3, -0.25) is 9.59 Å². The summed E-state index contributed by atoms with van der Waals surface area (Å²) in [4.78, 5) is 23.1. The summed E-state index contributed by atoms with van der Waals surface area (Å²) in [5.74, 6) is -0.166. The number of rotatable bonds is 2. The summed E-state index contributed by atoms with van der Waals surface area (Å²) < 4.78 is 1.96.